The summed E-state index contributed by atoms with van der Waals surface area (Å²) in [6, 6.07) is 14.9. The second kappa shape index (κ2) is 8.37. The zero-order valence-electron chi connectivity index (χ0n) is 16.7. The van der Waals surface area contributed by atoms with Crippen molar-refractivity contribution in [1.82, 2.24) is 14.8 Å². The Labute approximate surface area is 170 Å². The molecular weight excluding hydrogens is 368 g/mol. The zero-order valence-corrected chi connectivity index (χ0v) is 17.5. The van der Waals surface area contributed by atoms with Crippen molar-refractivity contribution in [2.75, 3.05) is 31.2 Å². The molecule has 1 aliphatic heterocycles. The molecule has 2 heterocycles. The maximum absolute atomic E-state index is 5.51. The van der Waals surface area contributed by atoms with E-state index in [1.165, 1.54) is 22.3 Å². The number of aryl methyl sites for hydroxylation is 3. The van der Waals surface area contributed by atoms with Crippen LogP contribution in [0.3, 0.4) is 0 Å². The Morgan fingerprint density at radius 2 is 1.64 bits per heavy atom. The third kappa shape index (κ3) is 3.93. The second-order valence-corrected chi connectivity index (χ2v) is 8.16. The molecule has 0 radical (unpaired) electrons. The van der Waals surface area contributed by atoms with Gasteiger partial charge < -0.3 is 9.64 Å². The van der Waals surface area contributed by atoms with Gasteiger partial charge in [0.05, 0.1) is 18.9 Å². The Bertz CT molecular complexity index is 925. The molecule has 0 saturated carbocycles. The molecule has 0 aliphatic carbocycles. The van der Waals surface area contributed by atoms with Crippen LogP contribution < -0.4 is 4.90 Å². The first-order valence-corrected chi connectivity index (χ1v) is 10.6. The van der Waals surface area contributed by atoms with Crippen LogP contribution in [-0.4, -0.2) is 41.1 Å². The first kappa shape index (κ1) is 19.0. The van der Waals surface area contributed by atoms with Crippen LogP contribution in [0.4, 0.5) is 5.95 Å². The number of benzene rings is 2. The number of morpholine rings is 1. The van der Waals surface area contributed by atoms with Gasteiger partial charge in [-0.05, 0) is 49.6 Å². The van der Waals surface area contributed by atoms with Crippen LogP contribution in [0, 0.1) is 20.8 Å². The summed E-state index contributed by atoms with van der Waals surface area (Å²) in [6.45, 7) is 9.67. The number of para-hydroxylation sites is 1. The van der Waals surface area contributed by atoms with Crippen molar-refractivity contribution >= 4 is 17.7 Å². The molecule has 1 aromatic heterocycles. The topological polar surface area (TPSA) is 43.2 Å². The van der Waals surface area contributed by atoms with Crippen molar-refractivity contribution in [2.45, 2.75) is 31.7 Å². The molecule has 1 aliphatic rings. The quantitative estimate of drug-likeness (QED) is 0.603. The van der Waals surface area contributed by atoms with E-state index >= 15 is 0 Å². The van der Waals surface area contributed by atoms with Gasteiger partial charge in [-0.25, -0.2) is 0 Å². The lowest BCUT2D eigenvalue weighted by molar-refractivity contribution is 0.122. The van der Waals surface area contributed by atoms with Crippen LogP contribution in [0.15, 0.2) is 47.6 Å². The highest BCUT2D eigenvalue weighted by Gasteiger charge is 2.22. The number of rotatable bonds is 5. The normalized spacial score (nSPS) is 14.5. The monoisotopic (exact) mass is 394 g/mol. The van der Waals surface area contributed by atoms with Gasteiger partial charge >= 0.3 is 0 Å². The lowest BCUT2D eigenvalue weighted by Crippen LogP contribution is -2.37. The molecule has 0 N–H and O–H groups in total. The van der Waals surface area contributed by atoms with Crippen LogP contribution in [0.2, 0.25) is 0 Å². The largest absolute Gasteiger partial charge is 0.378 e. The van der Waals surface area contributed by atoms with Crippen LogP contribution in [0.5, 0.6) is 0 Å². The minimum absolute atomic E-state index is 0.728. The highest BCUT2D eigenvalue weighted by Crippen LogP contribution is 2.31. The van der Waals surface area contributed by atoms with Crippen molar-refractivity contribution in [3.63, 3.8) is 0 Å². The molecule has 1 fully saturated rings. The molecule has 0 atom stereocenters. The van der Waals surface area contributed by atoms with Crippen molar-refractivity contribution in [3.8, 4) is 5.69 Å². The van der Waals surface area contributed by atoms with E-state index in [1.54, 1.807) is 11.8 Å². The number of anilines is 1. The van der Waals surface area contributed by atoms with E-state index in [1.807, 2.05) is 6.07 Å². The molecule has 3 aromatic rings. The molecule has 4 rings (SSSR count). The van der Waals surface area contributed by atoms with Gasteiger partial charge in [0.25, 0.3) is 0 Å². The van der Waals surface area contributed by atoms with Gasteiger partial charge in [-0.3, -0.25) is 4.57 Å². The van der Waals surface area contributed by atoms with Gasteiger partial charge in [0, 0.05) is 18.8 Å². The van der Waals surface area contributed by atoms with Crippen molar-refractivity contribution < 1.29 is 4.74 Å². The fourth-order valence-electron chi connectivity index (χ4n) is 3.70. The fraction of sp³-hybridized carbons (Fsp3) is 0.364. The fourth-order valence-corrected chi connectivity index (χ4v) is 4.84. The SMILES string of the molecule is Cc1cc(C)c(CSc2nnc(N3CCOCC3)n2-c2ccccc2)c(C)c1. The van der Waals surface area contributed by atoms with E-state index in [0.717, 1.165) is 48.8 Å². The third-order valence-electron chi connectivity index (χ3n) is 5.11. The maximum atomic E-state index is 5.51. The molecule has 0 unspecified atom stereocenters. The lowest BCUT2D eigenvalue weighted by atomic mass is 10.0. The minimum atomic E-state index is 0.728. The maximum Gasteiger partial charge on any atom is 0.232 e. The number of hydrogen-bond acceptors (Lipinski definition) is 5. The average molecular weight is 395 g/mol. The Kier molecular flexibility index (Phi) is 5.69. The molecule has 0 amide bonds. The zero-order chi connectivity index (χ0) is 19.5. The molecule has 2 aromatic carbocycles. The number of thioether (sulfide) groups is 1. The highest BCUT2D eigenvalue weighted by molar-refractivity contribution is 7.98. The summed E-state index contributed by atoms with van der Waals surface area (Å²) in [5, 5.41) is 10.0. The van der Waals surface area contributed by atoms with Crippen LogP contribution in [0.25, 0.3) is 5.69 Å². The van der Waals surface area contributed by atoms with Crippen LogP contribution in [0.1, 0.15) is 22.3 Å². The molecule has 1 saturated heterocycles. The smallest absolute Gasteiger partial charge is 0.232 e. The summed E-state index contributed by atoms with van der Waals surface area (Å²) in [5.74, 6) is 1.78. The lowest BCUT2D eigenvalue weighted by Gasteiger charge is -2.27. The predicted octanol–water partition coefficient (Wildman–Crippen LogP) is 4.32. The summed E-state index contributed by atoms with van der Waals surface area (Å²) in [5.41, 5.74) is 6.46. The first-order chi connectivity index (χ1) is 13.6. The summed E-state index contributed by atoms with van der Waals surface area (Å²) < 4.78 is 7.69. The number of aromatic nitrogens is 3. The average Bonchev–Trinajstić information content (AvgIpc) is 3.12. The molecule has 6 heteroatoms. The Morgan fingerprint density at radius 1 is 0.964 bits per heavy atom. The number of hydrogen-bond donors (Lipinski definition) is 0. The Morgan fingerprint density at radius 3 is 2.32 bits per heavy atom. The van der Waals surface area contributed by atoms with Crippen molar-refractivity contribution in [1.29, 1.82) is 0 Å². The Hall–Kier alpha value is -2.31. The third-order valence-corrected chi connectivity index (χ3v) is 6.07. The molecule has 28 heavy (non-hydrogen) atoms. The van der Waals surface area contributed by atoms with E-state index < -0.39 is 0 Å². The Balaban J connectivity index is 1.66. The summed E-state index contributed by atoms with van der Waals surface area (Å²) in [4.78, 5) is 2.26. The van der Waals surface area contributed by atoms with E-state index in [9.17, 15) is 0 Å². The van der Waals surface area contributed by atoms with Gasteiger partial charge in [0.2, 0.25) is 5.95 Å². The van der Waals surface area contributed by atoms with Gasteiger partial charge in [0.15, 0.2) is 5.16 Å². The van der Waals surface area contributed by atoms with Crippen LogP contribution in [-0.2, 0) is 10.5 Å². The standard InChI is InChI=1S/C22H26N4OS/c1-16-13-17(2)20(18(3)14-16)15-28-22-24-23-21(25-9-11-27-12-10-25)26(22)19-7-5-4-6-8-19/h4-8,13-14H,9-12,15H2,1-3H3. The van der Waals surface area contributed by atoms with E-state index in [2.05, 4.69) is 76.8 Å². The van der Waals surface area contributed by atoms with Crippen molar-refractivity contribution in [3.05, 3.63) is 64.7 Å². The summed E-state index contributed by atoms with van der Waals surface area (Å²) >= 11 is 1.75. The first-order valence-electron chi connectivity index (χ1n) is 9.66. The molecule has 5 nitrogen and oxygen atoms in total. The van der Waals surface area contributed by atoms with E-state index in [4.69, 9.17) is 4.74 Å². The van der Waals surface area contributed by atoms with E-state index in [0.29, 0.717) is 0 Å². The van der Waals surface area contributed by atoms with Crippen molar-refractivity contribution in [2.24, 2.45) is 0 Å². The number of nitrogens with zero attached hydrogens (tertiary/aromatic N) is 4. The summed E-state index contributed by atoms with van der Waals surface area (Å²) in [7, 11) is 0. The predicted molar refractivity (Wildman–Crippen MR) is 115 cm³/mol. The summed E-state index contributed by atoms with van der Waals surface area (Å²) in [6.07, 6.45) is 0. The molecular formula is C22H26N4OS. The minimum Gasteiger partial charge on any atom is -0.378 e. The second-order valence-electron chi connectivity index (χ2n) is 7.22. The molecule has 146 valence electrons. The van der Waals surface area contributed by atoms with Gasteiger partial charge in [-0.1, -0.05) is 47.7 Å². The molecule has 0 spiro atoms. The van der Waals surface area contributed by atoms with Crippen LogP contribution >= 0.6 is 11.8 Å². The number of ether oxygens (including phenoxy) is 1. The van der Waals surface area contributed by atoms with Gasteiger partial charge in [0.1, 0.15) is 0 Å². The van der Waals surface area contributed by atoms with Gasteiger partial charge in [-0.2, -0.15) is 0 Å². The van der Waals surface area contributed by atoms with Gasteiger partial charge in [-0.15, -0.1) is 10.2 Å². The molecule has 0 bridgehead atoms. The highest BCUT2D eigenvalue weighted by atomic mass is 32.2. The van der Waals surface area contributed by atoms with E-state index in [-0.39, 0.29) is 0 Å².